The number of hydrogen-bond acceptors (Lipinski definition) is 3. The van der Waals surface area contributed by atoms with Crippen LogP contribution in [0, 0.1) is 5.92 Å². The standard InChI is InChI=1S/C19H23NO3/c1-4-22-16-9-7-8-15(12-16)20-19(21)17-10-5-6-11-18(17)23-13-14(2)3/h5-12,14H,4,13H2,1-3H3,(H,20,21). The molecule has 0 aliphatic rings. The molecule has 0 saturated heterocycles. The van der Waals surface area contributed by atoms with Crippen molar-refractivity contribution in [3.63, 3.8) is 0 Å². The lowest BCUT2D eigenvalue weighted by Crippen LogP contribution is -2.15. The minimum Gasteiger partial charge on any atom is -0.494 e. The summed E-state index contributed by atoms with van der Waals surface area (Å²) >= 11 is 0. The molecule has 0 unspecified atom stereocenters. The van der Waals surface area contributed by atoms with Crippen LogP contribution in [0.2, 0.25) is 0 Å². The van der Waals surface area contributed by atoms with E-state index in [1.807, 2.05) is 43.3 Å². The lowest BCUT2D eigenvalue weighted by molar-refractivity contribution is 0.102. The lowest BCUT2D eigenvalue weighted by Gasteiger charge is -2.13. The normalized spacial score (nSPS) is 10.4. The van der Waals surface area contributed by atoms with Gasteiger partial charge in [0.2, 0.25) is 0 Å². The number of benzene rings is 2. The van der Waals surface area contributed by atoms with Gasteiger partial charge in [0.25, 0.3) is 5.91 Å². The van der Waals surface area contributed by atoms with E-state index in [1.54, 1.807) is 12.1 Å². The Morgan fingerprint density at radius 1 is 1.09 bits per heavy atom. The number of ether oxygens (including phenoxy) is 2. The van der Waals surface area contributed by atoms with E-state index < -0.39 is 0 Å². The topological polar surface area (TPSA) is 47.6 Å². The Morgan fingerprint density at radius 3 is 2.61 bits per heavy atom. The smallest absolute Gasteiger partial charge is 0.259 e. The van der Waals surface area contributed by atoms with E-state index in [0.29, 0.717) is 36.1 Å². The monoisotopic (exact) mass is 313 g/mol. The maximum atomic E-state index is 12.5. The molecule has 0 radical (unpaired) electrons. The number of anilines is 1. The summed E-state index contributed by atoms with van der Waals surface area (Å²) in [6, 6.07) is 14.6. The Balaban J connectivity index is 2.13. The number of carbonyl (C=O) groups is 1. The second-order valence-electron chi connectivity index (χ2n) is 5.62. The maximum Gasteiger partial charge on any atom is 0.259 e. The molecule has 2 rings (SSSR count). The predicted molar refractivity (Wildman–Crippen MR) is 92.3 cm³/mol. The highest BCUT2D eigenvalue weighted by Gasteiger charge is 2.13. The maximum absolute atomic E-state index is 12.5. The SMILES string of the molecule is CCOc1cccc(NC(=O)c2ccccc2OCC(C)C)c1. The van der Waals surface area contributed by atoms with Gasteiger partial charge in [-0.15, -0.1) is 0 Å². The second kappa shape index (κ2) is 8.22. The Morgan fingerprint density at radius 2 is 1.87 bits per heavy atom. The van der Waals surface area contributed by atoms with Crippen LogP contribution >= 0.6 is 0 Å². The summed E-state index contributed by atoms with van der Waals surface area (Å²) in [5.74, 6) is 1.53. The fourth-order valence-electron chi connectivity index (χ4n) is 2.07. The zero-order chi connectivity index (χ0) is 16.7. The van der Waals surface area contributed by atoms with Crippen molar-refractivity contribution in [3.8, 4) is 11.5 Å². The summed E-state index contributed by atoms with van der Waals surface area (Å²) in [6.07, 6.45) is 0. The molecule has 0 saturated carbocycles. The van der Waals surface area contributed by atoms with Crippen LogP contribution in [-0.4, -0.2) is 19.1 Å². The van der Waals surface area contributed by atoms with Crippen molar-refractivity contribution in [2.75, 3.05) is 18.5 Å². The molecule has 1 amide bonds. The summed E-state index contributed by atoms with van der Waals surface area (Å²) < 4.78 is 11.2. The van der Waals surface area contributed by atoms with Gasteiger partial charge in [-0.3, -0.25) is 4.79 Å². The zero-order valence-corrected chi connectivity index (χ0v) is 13.8. The van der Waals surface area contributed by atoms with Gasteiger partial charge in [-0.25, -0.2) is 0 Å². The molecule has 0 heterocycles. The Hall–Kier alpha value is -2.49. The average Bonchev–Trinajstić information content (AvgIpc) is 2.54. The molecule has 0 atom stereocenters. The van der Waals surface area contributed by atoms with Gasteiger partial charge < -0.3 is 14.8 Å². The summed E-state index contributed by atoms with van der Waals surface area (Å²) in [5, 5.41) is 2.89. The van der Waals surface area contributed by atoms with Gasteiger partial charge in [-0.2, -0.15) is 0 Å². The van der Waals surface area contributed by atoms with Crippen molar-refractivity contribution in [2.24, 2.45) is 5.92 Å². The Bertz CT molecular complexity index is 653. The Kier molecular flexibility index (Phi) is 6.03. The third-order valence-corrected chi connectivity index (χ3v) is 3.11. The van der Waals surface area contributed by atoms with E-state index in [9.17, 15) is 4.79 Å². The van der Waals surface area contributed by atoms with Gasteiger partial charge >= 0.3 is 0 Å². The van der Waals surface area contributed by atoms with Gasteiger partial charge in [0.15, 0.2) is 0 Å². The van der Waals surface area contributed by atoms with Crippen molar-refractivity contribution < 1.29 is 14.3 Å². The molecule has 0 aliphatic heterocycles. The molecular formula is C19H23NO3. The number of rotatable bonds is 7. The quantitative estimate of drug-likeness (QED) is 0.825. The molecular weight excluding hydrogens is 290 g/mol. The average molecular weight is 313 g/mol. The van der Waals surface area contributed by atoms with E-state index >= 15 is 0 Å². The van der Waals surface area contributed by atoms with Crippen molar-refractivity contribution in [1.29, 1.82) is 0 Å². The molecule has 0 spiro atoms. The molecule has 4 heteroatoms. The summed E-state index contributed by atoms with van der Waals surface area (Å²) in [5.41, 5.74) is 1.22. The first kappa shape index (κ1) is 16.9. The first-order valence-corrected chi connectivity index (χ1v) is 7.86. The number of hydrogen-bond donors (Lipinski definition) is 1. The van der Waals surface area contributed by atoms with Gasteiger partial charge in [-0.05, 0) is 37.1 Å². The molecule has 23 heavy (non-hydrogen) atoms. The predicted octanol–water partition coefficient (Wildman–Crippen LogP) is 4.37. The first-order valence-electron chi connectivity index (χ1n) is 7.86. The zero-order valence-electron chi connectivity index (χ0n) is 13.8. The van der Waals surface area contributed by atoms with Crippen LogP contribution < -0.4 is 14.8 Å². The summed E-state index contributed by atoms with van der Waals surface area (Å²) in [6.45, 7) is 7.23. The van der Waals surface area contributed by atoms with Crippen molar-refractivity contribution in [2.45, 2.75) is 20.8 Å². The molecule has 122 valence electrons. The van der Waals surface area contributed by atoms with Crippen LogP contribution in [0.15, 0.2) is 48.5 Å². The molecule has 0 fully saturated rings. The lowest BCUT2D eigenvalue weighted by atomic mass is 10.1. The highest BCUT2D eigenvalue weighted by atomic mass is 16.5. The fourth-order valence-corrected chi connectivity index (χ4v) is 2.07. The van der Waals surface area contributed by atoms with Gasteiger partial charge in [0.05, 0.1) is 18.8 Å². The molecule has 0 bridgehead atoms. The van der Waals surface area contributed by atoms with E-state index in [-0.39, 0.29) is 5.91 Å². The van der Waals surface area contributed by atoms with E-state index in [1.165, 1.54) is 0 Å². The molecule has 0 aromatic heterocycles. The van der Waals surface area contributed by atoms with Crippen molar-refractivity contribution >= 4 is 11.6 Å². The van der Waals surface area contributed by atoms with E-state index in [4.69, 9.17) is 9.47 Å². The summed E-state index contributed by atoms with van der Waals surface area (Å²) in [4.78, 5) is 12.5. The van der Waals surface area contributed by atoms with Crippen LogP contribution in [-0.2, 0) is 0 Å². The van der Waals surface area contributed by atoms with Crippen LogP contribution in [0.1, 0.15) is 31.1 Å². The fraction of sp³-hybridized carbons (Fsp3) is 0.316. The van der Waals surface area contributed by atoms with Crippen LogP contribution in [0.4, 0.5) is 5.69 Å². The van der Waals surface area contributed by atoms with Crippen molar-refractivity contribution in [3.05, 3.63) is 54.1 Å². The van der Waals surface area contributed by atoms with Gasteiger partial charge in [0.1, 0.15) is 11.5 Å². The van der Waals surface area contributed by atoms with Crippen LogP contribution in [0.25, 0.3) is 0 Å². The van der Waals surface area contributed by atoms with Crippen LogP contribution in [0.3, 0.4) is 0 Å². The molecule has 0 aliphatic carbocycles. The summed E-state index contributed by atoms with van der Waals surface area (Å²) in [7, 11) is 0. The minimum absolute atomic E-state index is 0.196. The third kappa shape index (κ3) is 5.02. The number of amides is 1. The Labute approximate surface area is 137 Å². The minimum atomic E-state index is -0.196. The number of carbonyl (C=O) groups excluding carboxylic acids is 1. The van der Waals surface area contributed by atoms with E-state index in [0.717, 1.165) is 5.75 Å². The largest absolute Gasteiger partial charge is 0.494 e. The highest BCUT2D eigenvalue weighted by Crippen LogP contribution is 2.22. The van der Waals surface area contributed by atoms with E-state index in [2.05, 4.69) is 19.2 Å². The third-order valence-electron chi connectivity index (χ3n) is 3.11. The first-order chi connectivity index (χ1) is 11.1. The van der Waals surface area contributed by atoms with Crippen LogP contribution in [0.5, 0.6) is 11.5 Å². The number of para-hydroxylation sites is 1. The second-order valence-corrected chi connectivity index (χ2v) is 5.62. The van der Waals surface area contributed by atoms with Crippen molar-refractivity contribution in [1.82, 2.24) is 0 Å². The molecule has 1 N–H and O–H groups in total. The number of nitrogens with one attached hydrogen (secondary N) is 1. The van der Waals surface area contributed by atoms with Gasteiger partial charge in [-0.1, -0.05) is 32.0 Å². The highest BCUT2D eigenvalue weighted by molar-refractivity contribution is 6.06. The van der Waals surface area contributed by atoms with Gasteiger partial charge in [0, 0.05) is 11.8 Å². The molecule has 4 nitrogen and oxygen atoms in total. The molecule has 2 aromatic carbocycles. The molecule has 2 aromatic rings.